The maximum atomic E-state index is 14.1. The summed E-state index contributed by atoms with van der Waals surface area (Å²) in [5.74, 6) is 2.56. The number of nitrogens with zero attached hydrogens (tertiary/aromatic N) is 1. The lowest BCUT2D eigenvalue weighted by Crippen LogP contribution is -2.47. The van der Waals surface area contributed by atoms with Crippen molar-refractivity contribution in [3.63, 3.8) is 0 Å². The Hall–Kier alpha value is -4.50. The summed E-state index contributed by atoms with van der Waals surface area (Å²) in [6.45, 7) is 4.62. The second kappa shape index (κ2) is 13.7. The van der Waals surface area contributed by atoms with Crippen LogP contribution in [0.25, 0.3) is 0 Å². The molecule has 0 unspecified atom stereocenters. The Labute approximate surface area is 240 Å². The van der Waals surface area contributed by atoms with Crippen LogP contribution in [0.1, 0.15) is 35.6 Å². The fourth-order valence-corrected chi connectivity index (χ4v) is 4.64. The van der Waals surface area contributed by atoms with Crippen LogP contribution in [0.3, 0.4) is 0 Å². The van der Waals surface area contributed by atoms with Gasteiger partial charge in [0.1, 0.15) is 23.0 Å². The van der Waals surface area contributed by atoms with Crippen LogP contribution >= 0.6 is 0 Å². The minimum atomic E-state index is -1.33. The number of hydrogen-bond donors (Lipinski definition) is 2. The van der Waals surface area contributed by atoms with E-state index in [-0.39, 0.29) is 25.5 Å². The van der Waals surface area contributed by atoms with E-state index in [1.807, 2.05) is 60.7 Å². The number of methoxy groups -OCH3 is 3. The first-order valence-corrected chi connectivity index (χ1v) is 13.3. The summed E-state index contributed by atoms with van der Waals surface area (Å²) in [7, 11) is 4.75. The fraction of sp³-hybridized carbons (Fsp3) is 0.312. The van der Waals surface area contributed by atoms with Gasteiger partial charge in [-0.15, -0.1) is 6.58 Å². The van der Waals surface area contributed by atoms with Crippen molar-refractivity contribution >= 4 is 11.8 Å². The van der Waals surface area contributed by atoms with Crippen LogP contribution in [0.2, 0.25) is 0 Å². The van der Waals surface area contributed by atoms with Gasteiger partial charge in [0.25, 0.3) is 5.91 Å². The molecule has 1 aliphatic heterocycles. The summed E-state index contributed by atoms with van der Waals surface area (Å²) < 4.78 is 28.3. The molecule has 3 aromatic carbocycles. The molecule has 4 rings (SSSR count). The van der Waals surface area contributed by atoms with Crippen molar-refractivity contribution in [2.75, 3.05) is 34.5 Å². The Morgan fingerprint density at radius 2 is 1.71 bits per heavy atom. The summed E-state index contributed by atoms with van der Waals surface area (Å²) in [6.07, 6.45) is 1.70. The van der Waals surface area contributed by atoms with Gasteiger partial charge >= 0.3 is 0 Å². The average Bonchev–Trinajstić information content (AvgIpc) is 3.40. The molecule has 2 N–H and O–H groups in total. The number of ether oxygens (including phenoxy) is 5. The molecule has 1 aliphatic rings. The van der Waals surface area contributed by atoms with Crippen molar-refractivity contribution in [3.05, 3.63) is 96.1 Å². The van der Waals surface area contributed by atoms with Crippen molar-refractivity contribution in [2.24, 2.45) is 4.99 Å². The van der Waals surface area contributed by atoms with E-state index < -0.39 is 11.6 Å². The lowest BCUT2D eigenvalue weighted by atomic mass is 9.84. The van der Waals surface area contributed by atoms with Crippen molar-refractivity contribution < 1.29 is 33.6 Å². The molecule has 0 saturated carbocycles. The van der Waals surface area contributed by atoms with Gasteiger partial charge in [-0.3, -0.25) is 4.79 Å². The van der Waals surface area contributed by atoms with Crippen LogP contribution in [0.5, 0.6) is 23.0 Å². The van der Waals surface area contributed by atoms with Crippen molar-refractivity contribution in [1.29, 1.82) is 0 Å². The third kappa shape index (κ3) is 6.81. The number of nitrogens with one attached hydrogen (secondary N) is 1. The van der Waals surface area contributed by atoms with E-state index >= 15 is 0 Å². The number of aliphatic hydroxyl groups excluding tert-OH is 1. The number of hydrogen-bond acceptors (Lipinski definition) is 8. The molecule has 216 valence electrons. The number of rotatable bonds is 14. The molecule has 41 heavy (non-hydrogen) atoms. The maximum Gasteiger partial charge on any atom is 0.252 e. The van der Waals surface area contributed by atoms with E-state index in [4.69, 9.17) is 33.8 Å². The smallest absolute Gasteiger partial charge is 0.252 e. The van der Waals surface area contributed by atoms with Gasteiger partial charge in [-0.25, -0.2) is 4.99 Å². The second-order valence-corrected chi connectivity index (χ2v) is 9.46. The number of aliphatic imine (C=N–C) groups is 1. The number of carbonyl (C=O) groups excluding carboxylic acids is 1. The highest BCUT2D eigenvalue weighted by Gasteiger charge is 2.52. The van der Waals surface area contributed by atoms with E-state index in [1.165, 1.54) is 0 Å². The Kier molecular flexibility index (Phi) is 9.86. The lowest BCUT2D eigenvalue weighted by molar-refractivity contribution is -0.129. The zero-order valence-electron chi connectivity index (χ0n) is 23.6. The largest absolute Gasteiger partial charge is 0.497 e. The third-order valence-electron chi connectivity index (χ3n) is 6.75. The highest BCUT2D eigenvalue weighted by Crippen LogP contribution is 2.43. The summed E-state index contributed by atoms with van der Waals surface area (Å²) >= 11 is 0. The molecule has 1 heterocycles. The molecule has 0 radical (unpaired) electrons. The van der Waals surface area contributed by atoms with Crippen LogP contribution in [-0.4, -0.2) is 57.0 Å². The van der Waals surface area contributed by atoms with Crippen molar-refractivity contribution in [3.8, 4) is 23.0 Å². The van der Waals surface area contributed by atoms with Gasteiger partial charge in [0.15, 0.2) is 11.6 Å². The van der Waals surface area contributed by atoms with Gasteiger partial charge in [-0.1, -0.05) is 18.2 Å². The molecule has 0 saturated heterocycles. The first kappa shape index (κ1) is 29.5. The van der Waals surface area contributed by atoms with Gasteiger partial charge in [-0.2, -0.15) is 0 Å². The Morgan fingerprint density at radius 3 is 2.34 bits per heavy atom. The molecular weight excluding hydrogens is 524 g/mol. The van der Waals surface area contributed by atoms with E-state index in [1.54, 1.807) is 33.5 Å². The van der Waals surface area contributed by atoms with E-state index in [0.717, 1.165) is 11.1 Å². The summed E-state index contributed by atoms with van der Waals surface area (Å²) in [4.78, 5) is 19.0. The van der Waals surface area contributed by atoms with Gasteiger partial charge in [-0.05, 0) is 59.7 Å². The SMILES string of the molecule is C=CC[C@@]1(C(=O)NCc2cc(OC)cc(OC)c2)N=C(c2ccc(OCCCO)cc2)O[C@@H]1c1cccc(OC)c1. The first-order valence-electron chi connectivity index (χ1n) is 13.3. The second-order valence-electron chi connectivity index (χ2n) is 9.46. The highest BCUT2D eigenvalue weighted by atomic mass is 16.5. The topological polar surface area (TPSA) is 108 Å². The van der Waals surface area contributed by atoms with Crippen LogP contribution < -0.4 is 24.3 Å². The first-order chi connectivity index (χ1) is 20.0. The van der Waals surface area contributed by atoms with Crippen LogP contribution in [0.15, 0.2) is 84.4 Å². The molecule has 0 fully saturated rings. The fourth-order valence-electron chi connectivity index (χ4n) is 4.64. The van der Waals surface area contributed by atoms with Gasteiger partial charge in [0.05, 0.1) is 27.9 Å². The molecule has 0 bridgehead atoms. The maximum absolute atomic E-state index is 14.1. The highest BCUT2D eigenvalue weighted by molar-refractivity contribution is 6.01. The quantitative estimate of drug-likeness (QED) is 0.219. The normalized spacial score (nSPS) is 17.7. The Morgan fingerprint density at radius 1 is 1.00 bits per heavy atom. The molecule has 9 nitrogen and oxygen atoms in total. The van der Waals surface area contributed by atoms with Gasteiger partial charge in [0.2, 0.25) is 5.90 Å². The number of benzene rings is 3. The zero-order valence-corrected chi connectivity index (χ0v) is 23.6. The molecule has 0 aromatic heterocycles. The molecule has 0 spiro atoms. The molecule has 3 aromatic rings. The summed E-state index contributed by atoms with van der Waals surface area (Å²) in [5.41, 5.74) is 0.916. The molecule has 9 heteroatoms. The van der Waals surface area contributed by atoms with Crippen LogP contribution in [0, 0.1) is 0 Å². The Balaban J connectivity index is 1.68. The monoisotopic (exact) mass is 560 g/mol. The number of amides is 1. The summed E-state index contributed by atoms with van der Waals surface area (Å²) in [6, 6.07) is 20.2. The number of carbonyl (C=O) groups is 1. The van der Waals surface area contributed by atoms with Gasteiger partial charge in [0, 0.05) is 37.6 Å². The molecule has 0 aliphatic carbocycles. The Bertz CT molecular complexity index is 1350. The zero-order chi connectivity index (χ0) is 29.2. The predicted octanol–water partition coefficient (Wildman–Crippen LogP) is 4.62. The van der Waals surface area contributed by atoms with Crippen molar-refractivity contribution in [2.45, 2.75) is 31.0 Å². The van der Waals surface area contributed by atoms with E-state index in [9.17, 15) is 4.79 Å². The summed E-state index contributed by atoms with van der Waals surface area (Å²) in [5, 5.41) is 12.1. The van der Waals surface area contributed by atoms with Crippen LogP contribution in [-0.2, 0) is 16.1 Å². The standard InChI is InChI=1S/C32H36N2O7/c1-5-14-32(31(36)33-21-22-17-27(38-3)20-28(18-22)39-4)29(24-8-6-9-26(19-24)37-2)41-30(34-32)23-10-12-25(13-11-23)40-16-7-15-35/h5-6,8-13,17-20,29,35H,1,7,14-16,21H2,2-4H3,(H,33,36)/t29-,32-/m1/s1. The van der Waals surface area contributed by atoms with Gasteiger partial charge < -0.3 is 34.1 Å². The average molecular weight is 561 g/mol. The number of aliphatic hydroxyl groups is 1. The minimum absolute atomic E-state index is 0.0627. The molecular formula is C32H36N2O7. The van der Waals surface area contributed by atoms with Crippen molar-refractivity contribution in [1.82, 2.24) is 5.32 Å². The van der Waals surface area contributed by atoms with E-state index in [2.05, 4.69) is 11.9 Å². The lowest BCUT2D eigenvalue weighted by Gasteiger charge is -2.30. The van der Waals surface area contributed by atoms with Crippen LogP contribution in [0.4, 0.5) is 0 Å². The van der Waals surface area contributed by atoms with E-state index in [0.29, 0.717) is 47.5 Å². The third-order valence-corrected chi connectivity index (χ3v) is 6.75. The molecule has 1 amide bonds. The minimum Gasteiger partial charge on any atom is -0.497 e. The molecule has 2 atom stereocenters. The predicted molar refractivity (Wildman–Crippen MR) is 156 cm³/mol.